The molecule has 5 nitrogen and oxygen atoms in total. The van der Waals surface area contributed by atoms with Gasteiger partial charge in [-0.1, -0.05) is 37.3 Å². The highest BCUT2D eigenvalue weighted by Crippen LogP contribution is 2.27. The van der Waals surface area contributed by atoms with Crippen molar-refractivity contribution >= 4 is 16.8 Å². The number of ether oxygens (including phenoxy) is 2. The van der Waals surface area contributed by atoms with E-state index in [0.29, 0.717) is 18.7 Å². The lowest BCUT2D eigenvalue weighted by molar-refractivity contribution is 0.0859. The van der Waals surface area contributed by atoms with Crippen molar-refractivity contribution in [3.8, 4) is 17.0 Å². The van der Waals surface area contributed by atoms with Crippen LogP contribution in [-0.4, -0.2) is 36.8 Å². The van der Waals surface area contributed by atoms with Crippen molar-refractivity contribution < 1.29 is 14.3 Å². The quantitative estimate of drug-likeness (QED) is 0.640. The van der Waals surface area contributed by atoms with E-state index in [1.807, 2.05) is 54.6 Å². The number of nitrogens with zero attached hydrogens (tertiary/aromatic N) is 1. The Bertz CT molecular complexity index is 996. The van der Waals surface area contributed by atoms with E-state index in [1.54, 1.807) is 0 Å². The summed E-state index contributed by atoms with van der Waals surface area (Å²) in [4.78, 5) is 17.8. The maximum atomic E-state index is 13.0. The monoisotopic (exact) mass is 390 g/mol. The van der Waals surface area contributed by atoms with Crippen LogP contribution in [0.3, 0.4) is 0 Å². The minimum atomic E-state index is -0.0984. The van der Waals surface area contributed by atoms with Gasteiger partial charge in [-0.15, -0.1) is 0 Å². The lowest BCUT2D eigenvalue weighted by atomic mass is 10.0. The van der Waals surface area contributed by atoms with Crippen molar-refractivity contribution in [3.05, 3.63) is 60.2 Å². The fraction of sp³-hybridized carbons (Fsp3) is 0.333. The first-order valence-electron chi connectivity index (χ1n) is 10.3. The van der Waals surface area contributed by atoms with E-state index in [-0.39, 0.29) is 12.0 Å². The highest BCUT2D eigenvalue weighted by Gasteiger charge is 2.19. The molecule has 5 heteroatoms. The van der Waals surface area contributed by atoms with Crippen LogP contribution in [0.4, 0.5) is 0 Å². The number of nitrogens with one attached hydrogen (secondary N) is 1. The van der Waals surface area contributed by atoms with E-state index >= 15 is 0 Å². The van der Waals surface area contributed by atoms with Crippen LogP contribution in [0.1, 0.15) is 36.5 Å². The number of amides is 1. The molecule has 0 aliphatic carbocycles. The van der Waals surface area contributed by atoms with Crippen LogP contribution in [0.5, 0.6) is 5.75 Å². The highest BCUT2D eigenvalue weighted by molar-refractivity contribution is 6.07. The second kappa shape index (κ2) is 9.05. The van der Waals surface area contributed by atoms with Gasteiger partial charge in [0.15, 0.2) is 0 Å². The zero-order valence-electron chi connectivity index (χ0n) is 16.7. The Labute approximate surface area is 171 Å². The first-order chi connectivity index (χ1) is 14.2. The molecule has 1 saturated heterocycles. The van der Waals surface area contributed by atoms with Crippen LogP contribution in [-0.2, 0) is 4.74 Å². The number of fused-ring (bicyclic) bond motifs is 1. The fourth-order valence-electron chi connectivity index (χ4n) is 3.58. The number of hydrogen-bond acceptors (Lipinski definition) is 4. The van der Waals surface area contributed by atoms with Crippen molar-refractivity contribution in [1.29, 1.82) is 0 Å². The van der Waals surface area contributed by atoms with Gasteiger partial charge >= 0.3 is 0 Å². The Morgan fingerprint density at radius 1 is 1.21 bits per heavy atom. The Hall–Kier alpha value is -2.92. The SMILES string of the molecule is CCCOc1cccc(-c2cc(C(=O)NC[C@@H]3CCCO3)c3ccccc3n2)c1. The molecule has 3 aromatic rings. The van der Waals surface area contributed by atoms with E-state index in [0.717, 1.165) is 53.8 Å². The molecule has 1 aliphatic rings. The van der Waals surface area contributed by atoms with Crippen molar-refractivity contribution in [3.63, 3.8) is 0 Å². The summed E-state index contributed by atoms with van der Waals surface area (Å²) < 4.78 is 11.4. The smallest absolute Gasteiger partial charge is 0.252 e. The average Bonchev–Trinajstić information content (AvgIpc) is 3.29. The van der Waals surface area contributed by atoms with Crippen molar-refractivity contribution in [2.24, 2.45) is 0 Å². The van der Waals surface area contributed by atoms with Gasteiger partial charge in [0, 0.05) is 24.1 Å². The predicted octanol–water partition coefficient (Wildman–Crippen LogP) is 4.60. The van der Waals surface area contributed by atoms with E-state index in [2.05, 4.69) is 12.2 Å². The normalized spacial score (nSPS) is 16.1. The molecule has 1 aliphatic heterocycles. The van der Waals surface area contributed by atoms with Gasteiger partial charge in [-0.2, -0.15) is 0 Å². The van der Waals surface area contributed by atoms with Crippen LogP contribution < -0.4 is 10.1 Å². The minimum absolute atomic E-state index is 0.0984. The van der Waals surface area contributed by atoms with Crippen LogP contribution >= 0.6 is 0 Å². The van der Waals surface area contributed by atoms with Gasteiger partial charge in [0.05, 0.1) is 29.5 Å². The van der Waals surface area contributed by atoms with Crippen LogP contribution in [0.25, 0.3) is 22.2 Å². The summed E-state index contributed by atoms with van der Waals surface area (Å²) in [5.74, 6) is 0.711. The topological polar surface area (TPSA) is 60.5 Å². The molecular weight excluding hydrogens is 364 g/mol. The molecule has 0 radical (unpaired) electrons. The minimum Gasteiger partial charge on any atom is -0.494 e. The molecule has 0 bridgehead atoms. The van der Waals surface area contributed by atoms with E-state index in [9.17, 15) is 4.79 Å². The third-order valence-electron chi connectivity index (χ3n) is 5.08. The zero-order valence-corrected chi connectivity index (χ0v) is 16.7. The summed E-state index contributed by atoms with van der Waals surface area (Å²) in [6, 6.07) is 17.5. The molecule has 1 fully saturated rings. The molecule has 2 aromatic carbocycles. The summed E-state index contributed by atoms with van der Waals surface area (Å²) in [6.45, 7) is 4.06. The second-order valence-electron chi connectivity index (χ2n) is 7.29. The first kappa shape index (κ1) is 19.4. The van der Waals surface area contributed by atoms with Crippen molar-refractivity contribution in [1.82, 2.24) is 10.3 Å². The molecular formula is C24H26N2O3. The van der Waals surface area contributed by atoms with Gasteiger partial charge in [-0.05, 0) is 43.5 Å². The summed E-state index contributed by atoms with van der Waals surface area (Å²) >= 11 is 0. The molecule has 1 atom stereocenters. The Morgan fingerprint density at radius 3 is 2.93 bits per heavy atom. The lowest BCUT2D eigenvalue weighted by Gasteiger charge is -2.13. The summed E-state index contributed by atoms with van der Waals surface area (Å²) in [7, 11) is 0. The number of hydrogen-bond donors (Lipinski definition) is 1. The molecule has 1 amide bonds. The molecule has 1 aromatic heterocycles. The van der Waals surface area contributed by atoms with Crippen LogP contribution in [0, 0.1) is 0 Å². The summed E-state index contributed by atoms with van der Waals surface area (Å²) in [6.07, 6.45) is 3.11. The number of pyridine rings is 1. The van der Waals surface area contributed by atoms with Gasteiger partial charge in [0.1, 0.15) is 5.75 Å². The maximum Gasteiger partial charge on any atom is 0.252 e. The Morgan fingerprint density at radius 2 is 2.10 bits per heavy atom. The van der Waals surface area contributed by atoms with Gasteiger partial charge in [0.2, 0.25) is 0 Å². The Balaban J connectivity index is 1.66. The molecule has 1 N–H and O–H groups in total. The molecule has 29 heavy (non-hydrogen) atoms. The summed E-state index contributed by atoms with van der Waals surface area (Å²) in [5.41, 5.74) is 3.11. The van der Waals surface area contributed by atoms with E-state index in [4.69, 9.17) is 14.5 Å². The number of aromatic nitrogens is 1. The number of carbonyl (C=O) groups is 1. The Kier molecular flexibility index (Phi) is 6.06. The lowest BCUT2D eigenvalue weighted by Crippen LogP contribution is -2.31. The highest BCUT2D eigenvalue weighted by atomic mass is 16.5. The van der Waals surface area contributed by atoms with Crippen LogP contribution in [0.15, 0.2) is 54.6 Å². The third kappa shape index (κ3) is 4.57. The van der Waals surface area contributed by atoms with Crippen molar-refractivity contribution in [2.75, 3.05) is 19.8 Å². The fourth-order valence-corrected chi connectivity index (χ4v) is 3.58. The standard InChI is InChI=1S/C24H26N2O3/c1-2-12-28-18-8-5-7-17(14-18)23-15-21(20-10-3-4-11-22(20)26-23)24(27)25-16-19-9-6-13-29-19/h3-5,7-8,10-11,14-15,19H,2,6,9,12-13,16H2,1H3,(H,25,27)/t19-/m0/s1. The number of para-hydroxylation sites is 1. The second-order valence-corrected chi connectivity index (χ2v) is 7.29. The largest absolute Gasteiger partial charge is 0.494 e. The molecule has 2 heterocycles. The molecule has 0 unspecified atom stereocenters. The molecule has 0 saturated carbocycles. The van der Waals surface area contributed by atoms with Crippen LogP contribution in [0.2, 0.25) is 0 Å². The average molecular weight is 390 g/mol. The van der Waals surface area contributed by atoms with Gasteiger partial charge in [-0.25, -0.2) is 4.98 Å². The number of benzene rings is 2. The zero-order chi connectivity index (χ0) is 20.1. The first-order valence-corrected chi connectivity index (χ1v) is 10.3. The van der Waals surface area contributed by atoms with Gasteiger partial charge < -0.3 is 14.8 Å². The predicted molar refractivity (Wildman–Crippen MR) is 114 cm³/mol. The maximum absolute atomic E-state index is 13.0. The molecule has 150 valence electrons. The van der Waals surface area contributed by atoms with E-state index in [1.165, 1.54) is 0 Å². The number of rotatable bonds is 7. The third-order valence-corrected chi connectivity index (χ3v) is 5.08. The number of carbonyl (C=O) groups excluding carboxylic acids is 1. The van der Waals surface area contributed by atoms with Gasteiger partial charge in [0.25, 0.3) is 5.91 Å². The van der Waals surface area contributed by atoms with E-state index < -0.39 is 0 Å². The molecule has 4 rings (SSSR count). The summed E-state index contributed by atoms with van der Waals surface area (Å²) in [5, 5.41) is 3.88. The van der Waals surface area contributed by atoms with Crippen molar-refractivity contribution in [2.45, 2.75) is 32.3 Å². The van der Waals surface area contributed by atoms with Gasteiger partial charge in [-0.3, -0.25) is 4.79 Å². The molecule has 0 spiro atoms.